The summed E-state index contributed by atoms with van der Waals surface area (Å²) in [5.74, 6) is -0.871. The van der Waals surface area contributed by atoms with Crippen molar-refractivity contribution in [3.63, 3.8) is 0 Å². The van der Waals surface area contributed by atoms with Crippen molar-refractivity contribution >= 4 is 12.1 Å². The number of rotatable bonds is 2. The maximum Gasteiger partial charge on any atom is 0.518 e. The number of nitrogens with two attached hydrogens (primary N) is 1. The van der Waals surface area contributed by atoms with Gasteiger partial charge in [-0.3, -0.25) is 5.73 Å². The molecular weight excluding hydrogens is 162 g/mol. The van der Waals surface area contributed by atoms with Crippen molar-refractivity contribution in [3.05, 3.63) is 12.7 Å². The molecule has 0 aliphatic rings. The monoisotopic (exact) mass is 173 g/mol. The Morgan fingerprint density at radius 3 is 2.33 bits per heavy atom. The summed E-state index contributed by atoms with van der Waals surface area (Å²) in [7, 11) is 0. The second-order valence-corrected chi connectivity index (χ2v) is 2.58. The summed E-state index contributed by atoms with van der Waals surface area (Å²) in [6, 6.07) is 0. The molecule has 5 heteroatoms. The van der Waals surface area contributed by atoms with Crippen LogP contribution in [0.3, 0.4) is 0 Å². The van der Waals surface area contributed by atoms with Crippen molar-refractivity contribution in [2.45, 2.75) is 19.6 Å². The molecule has 0 amide bonds. The first-order valence-corrected chi connectivity index (χ1v) is 3.21. The first-order valence-electron chi connectivity index (χ1n) is 3.21. The first kappa shape index (κ1) is 10.6. The van der Waals surface area contributed by atoms with Crippen molar-refractivity contribution in [1.82, 2.24) is 0 Å². The Morgan fingerprint density at radius 1 is 1.50 bits per heavy atom. The maximum atomic E-state index is 10.6. The summed E-state index contributed by atoms with van der Waals surface area (Å²) < 4.78 is 8.54. The van der Waals surface area contributed by atoms with Crippen molar-refractivity contribution in [2.75, 3.05) is 0 Å². The van der Waals surface area contributed by atoms with Crippen molar-refractivity contribution in [3.8, 4) is 0 Å². The molecule has 0 aliphatic carbocycles. The van der Waals surface area contributed by atoms with Crippen LogP contribution in [0.15, 0.2) is 12.7 Å². The van der Waals surface area contributed by atoms with E-state index in [-0.39, 0.29) is 0 Å². The van der Waals surface area contributed by atoms with Crippen LogP contribution in [0.5, 0.6) is 0 Å². The van der Waals surface area contributed by atoms with Crippen LogP contribution in [-0.4, -0.2) is 17.8 Å². The van der Waals surface area contributed by atoms with Gasteiger partial charge in [0.25, 0.3) is 0 Å². The van der Waals surface area contributed by atoms with E-state index in [0.717, 1.165) is 6.08 Å². The van der Waals surface area contributed by atoms with Crippen LogP contribution >= 0.6 is 0 Å². The van der Waals surface area contributed by atoms with Gasteiger partial charge in [0.2, 0.25) is 0 Å². The fourth-order valence-electron chi connectivity index (χ4n) is 0.359. The zero-order valence-electron chi connectivity index (χ0n) is 6.99. The highest BCUT2D eigenvalue weighted by atomic mass is 16.8. The molecule has 0 aromatic rings. The number of hydrogen-bond acceptors (Lipinski definition) is 5. The Hall–Kier alpha value is -1.36. The van der Waals surface area contributed by atoms with Gasteiger partial charge in [0, 0.05) is 6.08 Å². The van der Waals surface area contributed by atoms with E-state index in [1.807, 2.05) is 0 Å². The first-order chi connectivity index (χ1) is 5.35. The Labute approximate surface area is 70.1 Å². The zero-order chi connectivity index (χ0) is 9.78. The third-order valence-corrected chi connectivity index (χ3v) is 0.697. The Bertz CT molecular complexity index is 204. The third-order valence-electron chi connectivity index (χ3n) is 0.697. The van der Waals surface area contributed by atoms with E-state index >= 15 is 0 Å². The van der Waals surface area contributed by atoms with Gasteiger partial charge in [-0.1, -0.05) is 6.58 Å². The van der Waals surface area contributed by atoms with Gasteiger partial charge >= 0.3 is 12.1 Å². The fourth-order valence-corrected chi connectivity index (χ4v) is 0.359. The van der Waals surface area contributed by atoms with Crippen molar-refractivity contribution < 1.29 is 19.1 Å². The molecule has 0 aromatic carbocycles. The molecule has 0 heterocycles. The molecule has 0 unspecified atom stereocenters. The van der Waals surface area contributed by atoms with Gasteiger partial charge in [-0.05, 0) is 13.8 Å². The minimum absolute atomic E-state index is 0.852. The molecule has 68 valence electrons. The number of ether oxygens (including phenoxy) is 2. The van der Waals surface area contributed by atoms with Crippen LogP contribution in [-0.2, 0) is 14.3 Å². The summed E-state index contributed by atoms with van der Waals surface area (Å²) >= 11 is 0. The lowest BCUT2D eigenvalue weighted by atomic mass is 10.3. The van der Waals surface area contributed by atoms with Crippen molar-refractivity contribution in [2.24, 2.45) is 5.73 Å². The van der Waals surface area contributed by atoms with E-state index in [4.69, 9.17) is 5.73 Å². The highest BCUT2D eigenvalue weighted by Gasteiger charge is 2.19. The number of esters is 1. The average molecular weight is 173 g/mol. The van der Waals surface area contributed by atoms with E-state index in [1.54, 1.807) is 0 Å². The number of carbonyl (C=O) groups excluding carboxylic acids is 2. The van der Waals surface area contributed by atoms with Gasteiger partial charge in [-0.2, -0.15) is 0 Å². The molecule has 0 atom stereocenters. The second-order valence-electron chi connectivity index (χ2n) is 2.58. The summed E-state index contributed by atoms with van der Waals surface area (Å²) in [5, 5.41) is 0. The summed E-state index contributed by atoms with van der Waals surface area (Å²) in [6.45, 7) is 6.00. The highest BCUT2D eigenvalue weighted by molar-refractivity contribution is 5.89. The molecule has 0 aliphatic heterocycles. The maximum absolute atomic E-state index is 10.6. The predicted octanol–water partition coefficient (Wildman–Crippen LogP) is 0.547. The molecule has 0 saturated heterocycles. The lowest BCUT2D eigenvalue weighted by Crippen LogP contribution is -2.38. The van der Waals surface area contributed by atoms with E-state index in [9.17, 15) is 9.59 Å². The number of carbonyl (C=O) groups is 2. The van der Waals surface area contributed by atoms with Crippen LogP contribution in [0.2, 0.25) is 0 Å². The van der Waals surface area contributed by atoms with Gasteiger partial charge in [0.05, 0.1) is 0 Å². The second kappa shape index (κ2) is 3.87. The normalized spacial score (nSPS) is 10.2. The van der Waals surface area contributed by atoms with E-state index in [1.165, 1.54) is 13.8 Å². The van der Waals surface area contributed by atoms with Gasteiger partial charge in [0.1, 0.15) is 0 Å². The van der Waals surface area contributed by atoms with Gasteiger partial charge < -0.3 is 9.47 Å². The summed E-state index contributed by atoms with van der Waals surface area (Å²) in [4.78, 5) is 21.1. The zero-order valence-corrected chi connectivity index (χ0v) is 6.99. The molecule has 5 nitrogen and oxygen atoms in total. The summed E-state index contributed by atoms with van der Waals surface area (Å²) in [6.07, 6.45) is -0.280. The smallest absolute Gasteiger partial charge is 0.413 e. The largest absolute Gasteiger partial charge is 0.518 e. The Balaban J connectivity index is 3.91. The van der Waals surface area contributed by atoms with E-state index in [2.05, 4.69) is 16.1 Å². The quantitative estimate of drug-likeness (QED) is 0.285. The average Bonchev–Trinajstić information content (AvgIpc) is 1.82. The Morgan fingerprint density at radius 2 is 2.00 bits per heavy atom. The SMILES string of the molecule is C=CC(=O)OC(=O)OC(C)(C)N. The molecule has 0 spiro atoms. The topological polar surface area (TPSA) is 78.6 Å². The van der Waals surface area contributed by atoms with Crippen LogP contribution in [0.25, 0.3) is 0 Å². The minimum Gasteiger partial charge on any atom is -0.413 e. The number of hydrogen-bond donors (Lipinski definition) is 1. The molecule has 0 aromatic heterocycles. The molecule has 0 fully saturated rings. The molecule has 0 radical (unpaired) electrons. The molecule has 0 saturated carbocycles. The van der Waals surface area contributed by atoms with Gasteiger partial charge in [-0.25, -0.2) is 9.59 Å². The lowest BCUT2D eigenvalue weighted by Gasteiger charge is -2.17. The molecule has 0 rings (SSSR count). The summed E-state index contributed by atoms with van der Waals surface area (Å²) in [5.41, 5.74) is 4.14. The van der Waals surface area contributed by atoms with Crippen molar-refractivity contribution in [1.29, 1.82) is 0 Å². The molecule has 0 bridgehead atoms. The highest BCUT2D eigenvalue weighted by Crippen LogP contribution is 2.01. The van der Waals surface area contributed by atoms with Crippen LogP contribution in [0.4, 0.5) is 4.79 Å². The fraction of sp³-hybridized carbons (Fsp3) is 0.429. The third kappa shape index (κ3) is 5.43. The minimum atomic E-state index is -1.15. The Kier molecular flexibility index (Phi) is 3.43. The van der Waals surface area contributed by atoms with Gasteiger partial charge in [0.15, 0.2) is 5.72 Å². The standard InChI is InChI=1S/C7H11NO4/c1-4-5(9)11-6(10)12-7(2,3)8/h4H,1,8H2,2-3H3. The van der Waals surface area contributed by atoms with Crippen LogP contribution in [0.1, 0.15) is 13.8 Å². The van der Waals surface area contributed by atoms with Crippen LogP contribution in [0, 0.1) is 0 Å². The van der Waals surface area contributed by atoms with E-state index < -0.39 is 17.8 Å². The predicted molar refractivity (Wildman–Crippen MR) is 41.0 cm³/mol. The molecule has 2 N–H and O–H groups in total. The lowest BCUT2D eigenvalue weighted by molar-refractivity contribution is -0.135. The molecular formula is C7H11NO4. The van der Waals surface area contributed by atoms with E-state index in [0.29, 0.717) is 0 Å². The van der Waals surface area contributed by atoms with Gasteiger partial charge in [-0.15, -0.1) is 0 Å². The van der Waals surface area contributed by atoms with Crippen LogP contribution < -0.4 is 5.73 Å². The molecule has 12 heavy (non-hydrogen) atoms.